The summed E-state index contributed by atoms with van der Waals surface area (Å²) in [5.74, 6) is 0. The van der Waals surface area contributed by atoms with Gasteiger partial charge in [0.1, 0.15) is 0 Å². The van der Waals surface area contributed by atoms with Gasteiger partial charge in [0.05, 0.1) is 0 Å². The van der Waals surface area contributed by atoms with Gasteiger partial charge in [-0.05, 0) is 29.7 Å². The van der Waals surface area contributed by atoms with Gasteiger partial charge in [-0.25, -0.2) is 0 Å². The molecular formula is C17H22N2. The SMILES string of the molecule is C=C/C=C(\C=C/C(=C)N)CC(/C=C\C(=C)N)=C/C=C. The summed E-state index contributed by atoms with van der Waals surface area (Å²) >= 11 is 0. The molecule has 0 spiro atoms. The van der Waals surface area contributed by atoms with Gasteiger partial charge in [-0.15, -0.1) is 0 Å². The largest absolute Gasteiger partial charge is 0.399 e. The highest BCUT2D eigenvalue weighted by molar-refractivity contribution is 5.37. The van der Waals surface area contributed by atoms with Gasteiger partial charge in [-0.2, -0.15) is 0 Å². The fourth-order valence-corrected chi connectivity index (χ4v) is 1.31. The van der Waals surface area contributed by atoms with E-state index in [1.54, 1.807) is 24.3 Å². The van der Waals surface area contributed by atoms with Gasteiger partial charge in [-0.1, -0.05) is 62.8 Å². The van der Waals surface area contributed by atoms with Gasteiger partial charge < -0.3 is 11.5 Å². The molecule has 0 aromatic rings. The lowest BCUT2D eigenvalue weighted by Gasteiger charge is -2.03. The van der Waals surface area contributed by atoms with Crippen LogP contribution in [0.3, 0.4) is 0 Å². The summed E-state index contributed by atoms with van der Waals surface area (Å²) in [6.45, 7) is 14.7. The first-order valence-corrected chi connectivity index (χ1v) is 5.87. The van der Waals surface area contributed by atoms with Crippen LogP contribution in [0, 0.1) is 0 Å². The van der Waals surface area contributed by atoms with Gasteiger partial charge in [0.25, 0.3) is 0 Å². The van der Waals surface area contributed by atoms with Crippen LogP contribution in [-0.2, 0) is 0 Å². The summed E-state index contributed by atoms with van der Waals surface area (Å²) in [5, 5.41) is 0. The predicted octanol–water partition coefficient (Wildman–Crippen LogP) is 3.66. The Labute approximate surface area is 116 Å². The van der Waals surface area contributed by atoms with Crippen molar-refractivity contribution in [3.8, 4) is 0 Å². The number of rotatable bonds is 8. The molecular weight excluding hydrogens is 232 g/mol. The maximum atomic E-state index is 5.52. The number of hydrogen-bond acceptors (Lipinski definition) is 2. The Morgan fingerprint density at radius 1 is 0.737 bits per heavy atom. The molecule has 0 aromatic carbocycles. The van der Waals surface area contributed by atoms with Crippen molar-refractivity contribution in [1.82, 2.24) is 0 Å². The van der Waals surface area contributed by atoms with Crippen molar-refractivity contribution in [2.24, 2.45) is 11.5 Å². The normalized spacial score (nSPS) is 12.8. The van der Waals surface area contributed by atoms with E-state index in [2.05, 4.69) is 26.3 Å². The topological polar surface area (TPSA) is 52.0 Å². The molecule has 0 saturated heterocycles. The summed E-state index contributed by atoms with van der Waals surface area (Å²) in [6, 6.07) is 0. The van der Waals surface area contributed by atoms with Crippen molar-refractivity contribution < 1.29 is 0 Å². The zero-order valence-electron chi connectivity index (χ0n) is 11.3. The molecule has 100 valence electrons. The van der Waals surface area contributed by atoms with Crippen LogP contribution in [0.2, 0.25) is 0 Å². The lowest BCUT2D eigenvalue weighted by atomic mass is 10.0. The molecule has 0 atom stereocenters. The first-order valence-electron chi connectivity index (χ1n) is 5.87. The second-order valence-corrected chi connectivity index (χ2v) is 3.95. The average Bonchev–Trinajstić information content (AvgIpc) is 2.33. The summed E-state index contributed by atoms with van der Waals surface area (Å²) in [6.07, 6.45) is 15.3. The Morgan fingerprint density at radius 3 is 1.37 bits per heavy atom. The van der Waals surface area contributed by atoms with E-state index in [0.717, 1.165) is 11.1 Å². The van der Waals surface area contributed by atoms with Gasteiger partial charge in [-0.3, -0.25) is 0 Å². The maximum absolute atomic E-state index is 5.52. The summed E-state index contributed by atoms with van der Waals surface area (Å²) < 4.78 is 0. The fourth-order valence-electron chi connectivity index (χ4n) is 1.31. The maximum Gasteiger partial charge on any atom is 0.0241 e. The second kappa shape index (κ2) is 9.54. The van der Waals surface area contributed by atoms with Crippen molar-refractivity contribution in [2.75, 3.05) is 0 Å². The van der Waals surface area contributed by atoms with Crippen molar-refractivity contribution in [3.63, 3.8) is 0 Å². The van der Waals surface area contributed by atoms with Crippen molar-refractivity contribution in [1.29, 1.82) is 0 Å². The van der Waals surface area contributed by atoms with Crippen LogP contribution >= 0.6 is 0 Å². The zero-order valence-corrected chi connectivity index (χ0v) is 11.3. The van der Waals surface area contributed by atoms with E-state index in [1.165, 1.54) is 0 Å². The molecule has 0 amide bonds. The molecule has 0 bridgehead atoms. The molecule has 0 fully saturated rings. The molecule has 0 aromatic heterocycles. The van der Waals surface area contributed by atoms with Gasteiger partial charge in [0.2, 0.25) is 0 Å². The van der Waals surface area contributed by atoms with Crippen LogP contribution in [0.1, 0.15) is 6.42 Å². The number of nitrogens with two attached hydrogens (primary N) is 2. The van der Waals surface area contributed by atoms with Crippen molar-refractivity contribution in [2.45, 2.75) is 6.42 Å². The lowest BCUT2D eigenvalue weighted by Crippen LogP contribution is -1.91. The molecule has 0 rings (SSSR count). The molecule has 0 aliphatic carbocycles. The van der Waals surface area contributed by atoms with E-state index in [1.807, 2.05) is 24.3 Å². The predicted molar refractivity (Wildman–Crippen MR) is 86.1 cm³/mol. The minimum atomic E-state index is 0.509. The Hall–Kier alpha value is -2.48. The van der Waals surface area contributed by atoms with Crippen LogP contribution in [0.25, 0.3) is 0 Å². The standard InChI is InChI=1S/C17H22N2/c1-5-7-16(11-9-14(3)18)13-17(8-6-2)12-10-15(4)19/h5-12H,1-4,13,18-19H2/b11-9-,12-10-,16-7+,17-8+. The zero-order chi connectivity index (χ0) is 14.7. The monoisotopic (exact) mass is 254 g/mol. The minimum Gasteiger partial charge on any atom is -0.399 e. The molecule has 4 N–H and O–H groups in total. The van der Waals surface area contributed by atoms with E-state index in [0.29, 0.717) is 17.8 Å². The van der Waals surface area contributed by atoms with Gasteiger partial charge in [0, 0.05) is 11.4 Å². The Morgan fingerprint density at radius 2 is 1.11 bits per heavy atom. The molecule has 0 saturated carbocycles. The van der Waals surface area contributed by atoms with Gasteiger partial charge >= 0.3 is 0 Å². The first kappa shape index (κ1) is 16.5. The first-order chi connectivity index (χ1) is 8.99. The molecule has 0 heterocycles. The van der Waals surface area contributed by atoms with E-state index in [-0.39, 0.29) is 0 Å². The molecule has 2 heteroatoms. The number of allylic oxidation sites excluding steroid dienone is 10. The smallest absolute Gasteiger partial charge is 0.0241 e. The van der Waals surface area contributed by atoms with E-state index < -0.39 is 0 Å². The van der Waals surface area contributed by atoms with E-state index >= 15 is 0 Å². The molecule has 19 heavy (non-hydrogen) atoms. The third-order valence-corrected chi connectivity index (χ3v) is 2.10. The van der Waals surface area contributed by atoms with Crippen LogP contribution in [0.5, 0.6) is 0 Å². The highest BCUT2D eigenvalue weighted by Crippen LogP contribution is 2.15. The van der Waals surface area contributed by atoms with Gasteiger partial charge in [0.15, 0.2) is 0 Å². The summed E-state index contributed by atoms with van der Waals surface area (Å²) in [5.41, 5.74) is 14.2. The summed E-state index contributed by atoms with van der Waals surface area (Å²) in [7, 11) is 0. The quantitative estimate of drug-likeness (QED) is 0.649. The number of hydrogen-bond donors (Lipinski definition) is 2. The Balaban J connectivity index is 5.06. The van der Waals surface area contributed by atoms with Crippen LogP contribution < -0.4 is 11.5 Å². The molecule has 0 radical (unpaired) electrons. The summed E-state index contributed by atoms with van der Waals surface area (Å²) in [4.78, 5) is 0. The second-order valence-electron chi connectivity index (χ2n) is 3.95. The van der Waals surface area contributed by atoms with E-state index in [9.17, 15) is 0 Å². The molecule has 0 unspecified atom stereocenters. The van der Waals surface area contributed by atoms with Crippen LogP contribution in [0.4, 0.5) is 0 Å². The highest BCUT2D eigenvalue weighted by Gasteiger charge is 1.96. The van der Waals surface area contributed by atoms with Crippen molar-refractivity contribution in [3.05, 3.63) is 97.5 Å². The highest BCUT2D eigenvalue weighted by atomic mass is 14.5. The third-order valence-electron chi connectivity index (χ3n) is 2.10. The third kappa shape index (κ3) is 9.24. The molecule has 0 aliphatic heterocycles. The molecule has 0 aliphatic rings. The lowest BCUT2D eigenvalue weighted by molar-refractivity contribution is 1.20. The van der Waals surface area contributed by atoms with E-state index in [4.69, 9.17) is 11.5 Å². The molecule has 2 nitrogen and oxygen atoms in total. The Bertz CT molecular complexity index is 427. The average molecular weight is 254 g/mol. The van der Waals surface area contributed by atoms with Crippen LogP contribution in [0.15, 0.2) is 97.5 Å². The van der Waals surface area contributed by atoms with Crippen LogP contribution in [-0.4, -0.2) is 0 Å². The minimum absolute atomic E-state index is 0.509. The van der Waals surface area contributed by atoms with Crippen molar-refractivity contribution >= 4 is 0 Å². The fraction of sp³-hybridized carbons (Fsp3) is 0.0588. The Kier molecular flexibility index (Phi) is 8.29.